The quantitative estimate of drug-likeness (QED) is 0.442. The summed E-state index contributed by atoms with van der Waals surface area (Å²) in [5, 5.41) is 0. The first kappa shape index (κ1) is 22.1. The van der Waals surface area contributed by atoms with Gasteiger partial charge < -0.3 is 4.98 Å². The Kier molecular flexibility index (Phi) is 8.70. The first-order valence-corrected chi connectivity index (χ1v) is 10.3. The molecule has 0 fully saturated rings. The van der Waals surface area contributed by atoms with Gasteiger partial charge in [-0.2, -0.15) is 13.2 Å². The van der Waals surface area contributed by atoms with E-state index in [-0.39, 0.29) is 0 Å². The summed E-state index contributed by atoms with van der Waals surface area (Å²) in [6.07, 6.45) is 3.63. The summed E-state index contributed by atoms with van der Waals surface area (Å²) in [5.41, 5.74) is 2.46. The molecule has 7 heteroatoms. The van der Waals surface area contributed by atoms with Crippen LogP contribution in [0.5, 0.6) is 0 Å². The number of alkyl halides is 3. The minimum atomic E-state index is -4.27. The van der Waals surface area contributed by atoms with E-state index in [1.54, 1.807) is 24.2 Å². The average molecular weight is 403 g/mol. The van der Waals surface area contributed by atoms with Gasteiger partial charge in [-0.1, -0.05) is 55.1 Å². The molecule has 1 aromatic heterocycles. The number of hydrogen-bond acceptors (Lipinski definition) is 2. The van der Waals surface area contributed by atoms with Crippen LogP contribution in [-0.4, -0.2) is 23.5 Å². The monoisotopic (exact) mass is 403 g/mol. The van der Waals surface area contributed by atoms with Crippen LogP contribution < -0.4 is 5.46 Å². The second-order valence-corrected chi connectivity index (χ2v) is 6.96. The predicted molar refractivity (Wildman–Crippen MR) is 112 cm³/mol. The zero-order chi connectivity index (χ0) is 20.4. The Bertz CT molecular complexity index is 836. The number of halogens is 3. The molecule has 3 rings (SSSR count). The van der Waals surface area contributed by atoms with Gasteiger partial charge in [0.05, 0.1) is 11.9 Å². The van der Waals surface area contributed by atoms with Gasteiger partial charge in [-0.3, -0.25) is 0 Å². The first-order chi connectivity index (χ1) is 13.4. The van der Waals surface area contributed by atoms with Gasteiger partial charge in [-0.05, 0) is 36.8 Å². The maximum absolute atomic E-state index is 12.6. The highest BCUT2D eigenvalue weighted by molar-refractivity contribution is 7.98. The SMILES string of the molecule is CCc1cnc[nH]1.CSc1ccccc1[B]CCc1cccc(C(F)(F)F)c1. The average Bonchev–Trinajstić information content (AvgIpc) is 3.22. The maximum Gasteiger partial charge on any atom is 0.416 e. The van der Waals surface area contributed by atoms with Crippen LogP contribution in [0.25, 0.3) is 0 Å². The summed E-state index contributed by atoms with van der Waals surface area (Å²) in [7, 11) is 2.08. The van der Waals surface area contributed by atoms with Crippen molar-refractivity contribution in [3.63, 3.8) is 0 Å². The molecule has 1 heterocycles. The van der Waals surface area contributed by atoms with Crippen molar-refractivity contribution in [1.29, 1.82) is 0 Å². The normalized spacial score (nSPS) is 10.9. The minimum Gasteiger partial charge on any atom is -0.349 e. The van der Waals surface area contributed by atoms with Crippen molar-refractivity contribution < 1.29 is 13.2 Å². The molecule has 0 saturated carbocycles. The summed E-state index contributed by atoms with van der Waals surface area (Å²) < 4.78 is 37.9. The lowest BCUT2D eigenvalue weighted by molar-refractivity contribution is -0.137. The first-order valence-electron chi connectivity index (χ1n) is 9.03. The standard InChI is InChI=1S/C16H15BF3S.C5H8N2/c1-21-15-8-3-2-7-14(15)17-10-9-12-5-4-6-13(11-12)16(18,19)20;1-2-5-3-6-4-7-5/h2-8,11H,9-10H2,1H3;3-4H,2H2,1H3,(H,6,7). The van der Waals surface area contributed by atoms with E-state index in [0.717, 1.165) is 24.3 Å². The Labute approximate surface area is 169 Å². The number of aromatic amines is 1. The van der Waals surface area contributed by atoms with E-state index in [1.807, 2.05) is 36.7 Å². The van der Waals surface area contributed by atoms with Crippen molar-refractivity contribution in [2.24, 2.45) is 0 Å². The zero-order valence-corrected chi connectivity index (χ0v) is 16.8. The molecule has 0 spiro atoms. The van der Waals surface area contributed by atoms with Gasteiger partial charge in [0.1, 0.15) is 0 Å². The fourth-order valence-corrected chi connectivity index (χ4v) is 3.21. The smallest absolute Gasteiger partial charge is 0.349 e. The van der Waals surface area contributed by atoms with E-state index in [1.165, 1.54) is 22.7 Å². The largest absolute Gasteiger partial charge is 0.416 e. The van der Waals surface area contributed by atoms with Gasteiger partial charge in [-0.25, -0.2) is 4.98 Å². The molecule has 0 atom stereocenters. The molecule has 0 saturated heterocycles. The third-order valence-corrected chi connectivity index (χ3v) is 4.94. The summed E-state index contributed by atoms with van der Waals surface area (Å²) in [4.78, 5) is 8.00. The number of nitrogens with one attached hydrogen (secondary N) is 1. The van der Waals surface area contributed by atoms with Gasteiger partial charge in [0.15, 0.2) is 7.28 Å². The molecule has 147 valence electrons. The summed E-state index contributed by atoms with van der Waals surface area (Å²) in [6, 6.07) is 13.6. The molecular formula is C21H23BF3N2S. The number of imidazole rings is 1. The van der Waals surface area contributed by atoms with Crippen LogP contribution in [0.15, 0.2) is 66.0 Å². The van der Waals surface area contributed by atoms with Gasteiger partial charge in [0.25, 0.3) is 0 Å². The van der Waals surface area contributed by atoms with Crippen LogP contribution in [0.3, 0.4) is 0 Å². The second kappa shape index (κ2) is 11.0. The van der Waals surface area contributed by atoms with Crippen molar-refractivity contribution in [1.82, 2.24) is 9.97 Å². The zero-order valence-electron chi connectivity index (χ0n) is 16.0. The molecule has 0 aliphatic carbocycles. The fourth-order valence-electron chi connectivity index (χ4n) is 2.61. The maximum atomic E-state index is 12.6. The van der Waals surface area contributed by atoms with Gasteiger partial charge in [-0.15, -0.1) is 11.8 Å². The highest BCUT2D eigenvalue weighted by Crippen LogP contribution is 2.29. The summed E-state index contributed by atoms with van der Waals surface area (Å²) in [6.45, 7) is 2.09. The van der Waals surface area contributed by atoms with Crippen molar-refractivity contribution >= 4 is 24.5 Å². The lowest BCUT2D eigenvalue weighted by atomic mass is 9.66. The van der Waals surface area contributed by atoms with Crippen LogP contribution in [0.1, 0.15) is 23.7 Å². The Hall–Kier alpha value is -2.15. The van der Waals surface area contributed by atoms with Crippen LogP contribution in [0, 0.1) is 0 Å². The molecule has 0 aliphatic rings. The Morgan fingerprint density at radius 1 is 1.11 bits per heavy atom. The lowest BCUT2D eigenvalue weighted by Gasteiger charge is -2.09. The van der Waals surface area contributed by atoms with Gasteiger partial charge in [0.2, 0.25) is 0 Å². The van der Waals surface area contributed by atoms with E-state index in [0.29, 0.717) is 12.0 Å². The molecule has 1 N–H and O–H groups in total. The number of rotatable bonds is 6. The summed E-state index contributed by atoms with van der Waals surface area (Å²) >= 11 is 1.67. The molecule has 1 radical (unpaired) electrons. The number of benzene rings is 2. The number of H-pyrrole nitrogens is 1. The summed E-state index contributed by atoms with van der Waals surface area (Å²) in [5.74, 6) is 0. The van der Waals surface area contributed by atoms with Crippen LogP contribution in [-0.2, 0) is 19.0 Å². The molecule has 0 unspecified atom stereocenters. The molecule has 2 nitrogen and oxygen atoms in total. The Morgan fingerprint density at radius 2 is 1.89 bits per heavy atom. The molecule has 2 aromatic carbocycles. The lowest BCUT2D eigenvalue weighted by Crippen LogP contribution is -2.16. The molecule has 0 aliphatic heterocycles. The number of aromatic nitrogens is 2. The molecule has 0 amide bonds. The molecule has 0 bridgehead atoms. The van der Waals surface area contributed by atoms with Gasteiger partial charge in [0, 0.05) is 16.8 Å². The number of hydrogen-bond donors (Lipinski definition) is 1. The van der Waals surface area contributed by atoms with Crippen molar-refractivity contribution in [3.8, 4) is 0 Å². The van der Waals surface area contributed by atoms with E-state index in [4.69, 9.17) is 0 Å². The number of aryl methyl sites for hydroxylation is 2. The third-order valence-electron chi connectivity index (χ3n) is 4.13. The Balaban J connectivity index is 0.000000336. The van der Waals surface area contributed by atoms with Crippen LogP contribution in [0.4, 0.5) is 13.2 Å². The molecule has 3 aromatic rings. The highest BCUT2D eigenvalue weighted by atomic mass is 32.2. The van der Waals surface area contributed by atoms with Gasteiger partial charge >= 0.3 is 6.18 Å². The van der Waals surface area contributed by atoms with Crippen LogP contribution in [0.2, 0.25) is 6.32 Å². The molecule has 28 heavy (non-hydrogen) atoms. The van der Waals surface area contributed by atoms with E-state index >= 15 is 0 Å². The minimum absolute atomic E-state index is 0.579. The van der Waals surface area contributed by atoms with Crippen molar-refractivity contribution in [2.75, 3.05) is 6.26 Å². The Morgan fingerprint density at radius 3 is 2.50 bits per heavy atom. The van der Waals surface area contributed by atoms with E-state index in [2.05, 4.69) is 24.2 Å². The predicted octanol–water partition coefficient (Wildman–Crippen LogP) is 5.39. The third kappa shape index (κ3) is 7.11. The topological polar surface area (TPSA) is 28.7 Å². The van der Waals surface area contributed by atoms with Crippen molar-refractivity contribution in [2.45, 2.75) is 37.2 Å². The number of thioether (sulfide) groups is 1. The van der Waals surface area contributed by atoms with Crippen LogP contribution >= 0.6 is 11.8 Å². The van der Waals surface area contributed by atoms with E-state index in [9.17, 15) is 13.2 Å². The van der Waals surface area contributed by atoms with Crippen molar-refractivity contribution in [3.05, 3.63) is 77.9 Å². The fraction of sp³-hybridized carbons (Fsp3) is 0.286. The number of nitrogens with zero attached hydrogens (tertiary/aromatic N) is 1. The molecular weight excluding hydrogens is 380 g/mol. The second-order valence-electron chi connectivity index (χ2n) is 6.11. The van der Waals surface area contributed by atoms with E-state index < -0.39 is 11.7 Å². The highest BCUT2D eigenvalue weighted by Gasteiger charge is 2.30.